The summed E-state index contributed by atoms with van der Waals surface area (Å²) in [5, 5.41) is 3.75. The molecule has 2 rings (SSSR count). The minimum Gasteiger partial charge on any atom is -0.468 e. The monoisotopic (exact) mass is 267 g/mol. The van der Waals surface area contributed by atoms with Crippen LogP contribution in [0.1, 0.15) is 71.1 Å². The lowest BCUT2D eigenvalue weighted by molar-refractivity contribution is -0.154. The van der Waals surface area contributed by atoms with Gasteiger partial charge in [-0.1, -0.05) is 45.4 Å². The summed E-state index contributed by atoms with van der Waals surface area (Å²) in [6.07, 6.45) is 12.0. The molecule has 2 fully saturated rings. The van der Waals surface area contributed by atoms with Crippen LogP contribution in [0.3, 0.4) is 0 Å². The third-order valence-corrected chi connectivity index (χ3v) is 5.18. The van der Waals surface area contributed by atoms with E-state index in [2.05, 4.69) is 12.2 Å². The van der Waals surface area contributed by atoms with Crippen molar-refractivity contribution in [2.45, 2.75) is 82.7 Å². The number of carbonyl (C=O) groups excluding carboxylic acids is 1. The zero-order valence-electron chi connectivity index (χ0n) is 12.5. The number of esters is 1. The van der Waals surface area contributed by atoms with Crippen LogP contribution >= 0.6 is 0 Å². The molecule has 0 aliphatic heterocycles. The Hall–Kier alpha value is -0.570. The van der Waals surface area contributed by atoms with Gasteiger partial charge in [0, 0.05) is 6.04 Å². The molecule has 3 heteroatoms. The molecule has 0 radical (unpaired) electrons. The zero-order chi connectivity index (χ0) is 13.7. The van der Waals surface area contributed by atoms with Gasteiger partial charge in [0.2, 0.25) is 0 Å². The van der Waals surface area contributed by atoms with Crippen molar-refractivity contribution in [3.8, 4) is 0 Å². The van der Waals surface area contributed by atoms with Crippen LogP contribution in [-0.4, -0.2) is 24.7 Å². The molecule has 2 aliphatic rings. The molecule has 0 heterocycles. The number of carbonyl (C=O) groups is 1. The lowest BCUT2D eigenvalue weighted by Crippen LogP contribution is -2.62. The van der Waals surface area contributed by atoms with Crippen molar-refractivity contribution in [2.24, 2.45) is 5.92 Å². The van der Waals surface area contributed by atoms with Gasteiger partial charge in [-0.25, -0.2) is 0 Å². The van der Waals surface area contributed by atoms with Gasteiger partial charge in [-0.2, -0.15) is 0 Å². The summed E-state index contributed by atoms with van der Waals surface area (Å²) in [7, 11) is 1.54. The number of hydrogen-bond donors (Lipinski definition) is 1. The Kier molecular flexibility index (Phi) is 5.26. The fourth-order valence-electron chi connectivity index (χ4n) is 4.11. The second-order valence-corrected chi connectivity index (χ2v) is 6.29. The molecule has 110 valence electrons. The highest BCUT2D eigenvalue weighted by Gasteiger charge is 2.48. The van der Waals surface area contributed by atoms with Crippen LogP contribution in [0.4, 0.5) is 0 Å². The Morgan fingerprint density at radius 2 is 1.84 bits per heavy atom. The fraction of sp³-hybridized carbons (Fsp3) is 0.938. The second kappa shape index (κ2) is 6.74. The van der Waals surface area contributed by atoms with E-state index in [-0.39, 0.29) is 5.97 Å². The minimum atomic E-state index is -0.399. The Morgan fingerprint density at radius 1 is 1.16 bits per heavy atom. The molecule has 0 spiro atoms. The van der Waals surface area contributed by atoms with Crippen LogP contribution in [0, 0.1) is 5.92 Å². The van der Waals surface area contributed by atoms with Crippen molar-refractivity contribution < 1.29 is 9.53 Å². The first-order valence-corrected chi connectivity index (χ1v) is 8.09. The molecule has 0 amide bonds. The van der Waals surface area contributed by atoms with E-state index in [0.717, 1.165) is 25.7 Å². The molecular weight excluding hydrogens is 238 g/mol. The standard InChI is InChI=1S/C16H29NO2/c1-3-13-9-7-8-12-16(13,15(18)19-2)17-14-10-5-4-6-11-14/h13-14,17H,3-12H2,1-2H3. The van der Waals surface area contributed by atoms with E-state index < -0.39 is 5.54 Å². The van der Waals surface area contributed by atoms with Gasteiger partial charge < -0.3 is 4.74 Å². The van der Waals surface area contributed by atoms with E-state index in [9.17, 15) is 4.79 Å². The lowest BCUT2D eigenvalue weighted by atomic mass is 9.70. The summed E-state index contributed by atoms with van der Waals surface area (Å²) in [5.41, 5.74) is -0.399. The third kappa shape index (κ3) is 3.13. The summed E-state index contributed by atoms with van der Waals surface area (Å²) in [5.74, 6) is 0.417. The van der Waals surface area contributed by atoms with Crippen LogP contribution in [-0.2, 0) is 9.53 Å². The van der Waals surface area contributed by atoms with Gasteiger partial charge in [0.15, 0.2) is 0 Å². The van der Waals surface area contributed by atoms with Crippen LogP contribution in [0.15, 0.2) is 0 Å². The highest BCUT2D eigenvalue weighted by molar-refractivity contribution is 5.81. The average Bonchev–Trinajstić information content (AvgIpc) is 2.47. The lowest BCUT2D eigenvalue weighted by Gasteiger charge is -2.45. The molecule has 0 aromatic heterocycles. The van der Waals surface area contributed by atoms with Crippen molar-refractivity contribution in [1.82, 2.24) is 5.32 Å². The molecular formula is C16H29NO2. The van der Waals surface area contributed by atoms with E-state index >= 15 is 0 Å². The second-order valence-electron chi connectivity index (χ2n) is 6.29. The van der Waals surface area contributed by atoms with Crippen LogP contribution < -0.4 is 5.32 Å². The number of methoxy groups -OCH3 is 1. The van der Waals surface area contributed by atoms with E-state index in [1.54, 1.807) is 0 Å². The smallest absolute Gasteiger partial charge is 0.326 e. The van der Waals surface area contributed by atoms with Gasteiger partial charge in [0.1, 0.15) is 5.54 Å². The van der Waals surface area contributed by atoms with Crippen molar-refractivity contribution >= 4 is 5.97 Å². The minimum absolute atomic E-state index is 0.0235. The highest BCUT2D eigenvalue weighted by Crippen LogP contribution is 2.38. The summed E-state index contributed by atoms with van der Waals surface area (Å²) in [6.45, 7) is 2.20. The molecule has 3 nitrogen and oxygen atoms in total. The molecule has 2 unspecified atom stereocenters. The summed E-state index contributed by atoms with van der Waals surface area (Å²) in [6, 6.07) is 0.514. The summed E-state index contributed by atoms with van der Waals surface area (Å²) in [4.78, 5) is 12.4. The molecule has 0 saturated heterocycles. The first-order chi connectivity index (χ1) is 9.23. The van der Waals surface area contributed by atoms with Crippen LogP contribution in [0.5, 0.6) is 0 Å². The van der Waals surface area contributed by atoms with Crippen LogP contribution in [0.25, 0.3) is 0 Å². The average molecular weight is 267 g/mol. The van der Waals surface area contributed by atoms with Crippen molar-refractivity contribution in [1.29, 1.82) is 0 Å². The van der Waals surface area contributed by atoms with Crippen LogP contribution in [0.2, 0.25) is 0 Å². The Balaban J connectivity index is 2.14. The molecule has 2 aliphatic carbocycles. The molecule has 0 aromatic rings. The Bertz CT molecular complexity index is 299. The predicted molar refractivity (Wildman–Crippen MR) is 77.0 cm³/mol. The predicted octanol–water partition coefficient (Wildman–Crippen LogP) is 3.42. The van der Waals surface area contributed by atoms with E-state index in [4.69, 9.17) is 4.74 Å². The topological polar surface area (TPSA) is 38.3 Å². The van der Waals surface area contributed by atoms with E-state index in [0.29, 0.717) is 12.0 Å². The number of ether oxygens (including phenoxy) is 1. The number of rotatable bonds is 4. The molecule has 1 N–H and O–H groups in total. The molecule has 2 saturated carbocycles. The van der Waals surface area contributed by atoms with Gasteiger partial charge in [0.05, 0.1) is 7.11 Å². The van der Waals surface area contributed by atoms with Crippen molar-refractivity contribution in [3.05, 3.63) is 0 Å². The zero-order valence-corrected chi connectivity index (χ0v) is 12.5. The first kappa shape index (κ1) is 14.8. The van der Waals surface area contributed by atoms with Crippen molar-refractivity contribution in [3.63, 3.8) is 0 Å². The highest BCUT2D eigenvalue weighted by atomic mass is 16.5. The molecule has 2 atom stereocenters. The first-order valence-electron chi connectivity index (χ1n) is 8.09. The molecule has 0 bridgehead atoms. The Morgan fingerprint density at radius 3 is 2.47 bits per heavy atom. The molecule has 0 aromatic carbocycles. The maximum absolute atomic E-state index is 12.4. The van der Waals surface area contributed by atoms with Gasteiger partial charge in [-0.3, -0.25) is 10.1 Å². The third-order valence-electron chi connectivity index (χ3n) is 5.18. The largest absolute Gasteiger partial charge is 0.468 e. The quantitative estimate of drug-likeness (QED) is 0.793. The van der Waals surface area contributed by atoms with Gasteiger partial charge in [0.25, 0.3) is 0 Å². The van der Waals surface area contributed by atoms with E-state index in [1.807, 2.05) is 0 Å². The number of nitrogens with one attached hydrogen (secondary N) is 1. The summed E-state index contributed by atoms with van der Waals surface area (Å²) >= 11 is 0. The normalized spacial score (nSPS) is 33.1. The van der Waals surface area contributed by atoms with Gasteiger partial charge in [-0.05, 0) is 31.6 Å². The number of hydrogen-bond acceptors (Lipinski definition) is 3. The van der Waals surface area contributed by atoms with E-state index in [1.165, 1.54) is 45.6 Å². The summed E-state index contributed by atoms with van der Waals surface area (Å²) < 4.78 is 5.17. The maximum Gasteiger partial charge on any atom is 0.326 e. The van der Waals surface area contributed by atoms with Crippen molar-refractivity contribution in [2.75, 3.05) is 7.11 Å². The Labute approximate surface area is 117 Å². The van der Waals surface area contributed by atoms with Gasteiger partial charge in [-0.15, -0.1) is 0 Å². The molecule has 19 heavy (non-hydrogen) atoms. The SMILES string of the molecule is CCC1CCCCC1(NC1CCCCC1)C(=O)OC. The van der Waals surface area contributed by atoms with Gasteiger partial charge >= 0.3 is 5.97 Å². The maximum atomic E-state index is 12.4. The fourth-order valence-corrected chi connectivity index (χ4v) is 4.11.